The molecule has 19 heavy (non-hydrogen) atoms. The van der Waals surface area contributed by atoms with Gasteiger partial charge in [0.2, 0.25) is 0 Å². The van der Waals surface area contributed by atoms with Crippen molar-refractivity contribution in [2.24, 2.45) is 11.8 Å². The SMILES string of the molecule is CNC(Cc1ccc(F)c(F)c1)C1CCCC(C)C1. The monoisotopic (exact) mass is 267 g/mol. The molecule has 2 rings (SSSR count). The Hall–Kier alpha value is -0.960. The lowest BCUT2D eigenvalue weighted by atomic mass is 9.77. The molecule has 1 N–H and O–H groups in total. The largest absolute Gasteiger partial charge is 0.316 e. The van der Waals surface area contributed by atoms with Gasteiger partial charge < -0.3 is 5.32 Å². The molecule has 1 aromatic carbocycles. The first-order chi connectivity index (χ1) is 9.10. The maximum Gasteiger partial charge on any atom is 0.159 e. The molecule has 106 valence electrons. The van der Waals surface area contributed by atoms with Gasteiger partial charge in [0.15, 0.2) is 11.6 Å². The van der Waals surface area contributed by atoms with Crippen LogP contribution in [-0.2, 0) is 6.42 Å². The fraction of sp³-hybridized carbons (Fsp3) is 0.625. The van der Waals surface area contributed by atoms with Crippen molar-refractivity contribution < 1.29 is 8.78 Å². The van der Waals surface area contributed by atoms with E-state index in [9.17, 15) is 8.78 Å². The van der Waals surface area contributed by atoms with Crippen molar-refractivity contribution in [3.63, 3.8) is 0 Å². The second kappa shape index (κ2) is 6.47. The average Bonchev–Trinajstić information content (AvgIpc) is 2.40. The van der Waals surface area contributed by atoms with Gasteiger partial charge in [0, 0.05) is 6.04 Å². The van der Waals surface area contributed by atoms with Crippen molar-refractivity contribution in [3.05, 3.63) is 35.4 Å². The van der Waals surface area contributed by atoms with Crippen LogP contribution in [-0.4, -0.2) is 13.1 Å². The fourth-order valence-corrected chi connectivity index (χ4v) is 3.27. The van der Waals surface area contributed by atoms with E-state index in [0.29, 0.717) is 12.0 Å². The van der Waals surface area contributed by atoms with Crippen LogP contribution in [0.3, 0.4) is 0 Å². The van der Waals surface area contributed by atoms with Gasteiger partial charge in [0.1, 0.15) is 0 Å². The third-order valence-electron chi connectivity index (χ3n) is 4.36. The minimum absolute atomic E-state index is 0.354. The van der Waals surface area contributed by atoms with E-state index in [4.69, 9.17) is 0 Å². The van der Waals surface area contributed by atoms with E-state index in [0.717, 1.165) is 17.9 Å². The van der Waals surface area contributed by atoms with Gasteiger partial charge >= 0.3 is 0 Å². The van der Waals surface area contributed by atoms with E-state index in [2.05, 4.69) is 12.2 Å². The van der Waals surface area contributed by atoms with Gasteiger partial charge in [-0.1, -0.05) is 25.8 Å². The summed E-state index contributed by atoms with van der Waals surface area (Å²) in [5.41, 5.74) is 0.872. The number of hydrogen-bond donors (Lipinski definition) is 1. The minimum Gasteiger partial charge on any atom is -0.316 e. The lowest BCUT2D eigenvalue weighted by Crippen LogP contribution is -2.38. The highest BCUT2D eigenvalue weighted by molar-refractivity contribution is 5.19. The van der Waals surface area contributed by atoms with Crippen LogP contribution in [0.4, 0.5) is 8.78 Å². The Morgan fingerprint density at radius 1 is 1.26 bits per heavy atom. The normalized spacial score (nSPS) is 25.3. The highest BCUT2D eigenvalue weighted by Gasteiger charge is 2.25. The van der Waals surface area contributed by atoms with Gasteiger partial charge in [-0.15, -0.1) is 0 Å². The summed E-state index contributed by atoms with van der Waals surface area (Å²) in [6, 6.07) is 4.59. The molecule has 3 atom stereocenters. The number of halogens is 2. The zero-order chi connectivity index (χ0) is 13.8. The second-order valence-corrected chi connectivity index (χ2v) is 5.88. The van der Waals surface area contributed by atoms with Crippen LogP contribution in [0, 0.1) is 23.5 Å². The molecule has 0 bridgehead atoms. The van der Waals surface area contributed by atoms with Crippen molar-refractivity contribution >= 4 is 0 Å². The molecule has 1 aliphatic rings. The van der Waals surface area contributed by atoms with Gasteiger partial charge in [-0.05, 0) is 55.8 Å². The first kappa shape index (κ1) is 14.4. The Balaban J connectivity index is 2.03. The Morgan fingerprint density at radius 2 is 2.05 bits per heavy atom. The predicted molar refractivity (Wildman–Crippen MR) is 74.0 cm³/mol. The average molecular weight is 267 g/mol. The van der Waals surface area contributed by atoms with Gasteiger partial charge in [-0.2, -0.15) is 0 Å². The molecule has 0 radical (unpaired) electrons. The zero-order valence-corrected chi connectivity index (χ0v) is 11.8. The lowest BCUT2D eigenvalue weighted by Gasteiger charge is -2.33. The van der Waals surface area contributed by atoms with E-state index in [1.807, 2.05) is 7.05 Å². The molecule has 1 saturated carbocycles. The van der Waals surface area contributed by atoms with E-state index in [-0.39, 0.29) is 0 Å². The van der Waals surface area contributed by atoms with E-state index < -0.39 is 11.6 Å². The Morgan fingerprint density at radius 3 is 2.68 bits per heavy atom. The van der Waals surface area contributed by atoms with E-state index in [1.165, 1.54) is 37.8 Å². The van der Waals surface area contributed by atoms with Gasteiger partial charge in [0.25, 0.3) is 0 Å². The summed E-state index contributed by atoms with van der Waals surface area (Å²) < 4.78 is 26.2. The Labute approximate surface area is 114 Å². The molecule has 1 aromatic rings. The molecular weight excluding hydrogens is 244 g/mol. The van der Waals surface area contributed by atoms with Crippen molar-refractivity contribution in [2.45, 2.75) is 45.1 Å². The number of hydrogen-bond acceptors (Lipinski definition) is 1. The molecule has 1 aliphatic carbocycles. The summed E-state index contributed by atoms with van der Waals surface area (Å²) in [7, 11) is 1.96. The van der Waals surface area contributed by atoms with Crippen molar-refractivity contribution in [3.8, 4) is 0 Å². The van der Waals surface area contributed by atoms with Crippen LogP contribution in [0.5, 0.6) is 0 Å². The van der Waals surface area contributed by atoms with Crippen LogP contribution in [0.25, 0.3) is 0 Å². The first-order valence-electron chi connectivity index (χ1n) is 7.21. The third-order valence-corrected chi connectivity index (χ3v) is 4.36. The predicted octanol–water partition coefficient (Wildman–Crippen LogP) is 3.92. The fourth-order valence-electron chi connectivity index (χ4n) is 3.27. The number of rotatable bonds is 4. The number of benzene rings is 1. The maximum absolute atomic E-state index is 13.2. The zero-order valence-electron chi connectivity index (χ0n) is 11.8. The highest BCUT2D eigenvalue weighted by Crippen LogP contribution is 2.31. The lowest BCUT2D eigenvalue weighted by molar-refractivity contribution is 0.227. The summed E-state index contributed by atoms with van der Waals surface area (Å²) in [6.07, 6.45) is 5.83. The quantitative estimate of drug-likeness (QED) is 0.871. The van der Waals surface area contributed by atoms with Gasteiger partial charge in [-0.3, -0.25) is 0 Å². The highest BCUT2D eigenvalue weighted by atomic mass is 19.2. The standard InChI is InChI=1S/C16H23F2N/c1-11-4-3-5-13(8-11)16(19-2)10-12-6-7-14(17)15(18)9-12/h6-7,9,11,13,16,19H,3-5,8,10H2,1-2H3. The number of nitrogens with one attached hydrogen (secondary N) is 1. The molecule has 0 aromatic heterocycles. The molecular formula is C16H23F2N. The summed E-state index contributed by atoms with van der Waals surface area (Å²) in [6.45, 7) is 2.30. The van der Waals surface area contributed by atoms with Crippen molar-refractivity contribution in [2.75, 3.05) is 7.05 Å². The topological polar surface area (TPSA) is 12.0 Å². The molecule has 3 heteroatoms. The van der Waals surface area contributed by atoms with Crippen LogP contribution in [0.1, 0.15) is 38.2 Å². The Bertz CT molecular complexity index is 419. The smallest absolute Gasteiger partial charge is 0.159 e. The summed E-state index contributed by atoms with van der Waals surface area (Å²) in [5.74, 6) is -0.0955. The molecule has 0 heterocycles. The summed E-state index contributed by atoms with van der Waals surface area (Å²) in [4.78, 5) is 0. The van der Waals surface area contributed by atoms with Crippen LogP contribution < -0.4 is 5.32 Å². The van der Waals surface area contributed by atoms with E-state index >= 15 is 0 Å². The summed E-state index contributed by atoms with van der Waals surface area (Å²) >= 11 is 0. The van der Waals surface area contributed by atoms with Crippen LogP contribution in [0.2, 0.25) is 0 Å². The Kier molecular flexibility index (Phi) is 4.92. The van der Waals surface area contributed by atoms with Gasteiger partial charge in [0.05, 0.1) is 0 Å². The molecule has 0 aliphatic heterocycles. The van der Waals surface area contributed by atoms with Crippen LogP contribution >= 0.6 is 0 Å². The molecule has 1 nitrogen and oxygen atoms in total. The number of likely N-dealkylation sites (N-methyl/N-ethyl adjacent to an activating group) is 1. The molecule has 1 fully saturated rings. The second-order valence-electron chi connectivity index (χ2n) is 5.88. The first-order valence-corrected chi connectivity index (χ1v) is 7.21. The molecule has 0 amide bonds. The molecule has 3 unspecified atom stereocenters. The molecule has 0 spiro atoms. The van der Waals surface area contributed by atoms with Crippen molar-refractivity contribution in [1.29, 1.82) is 0 Å². The minimum atomic E-state index is -0.768. The summed E-state index contributed by atoms with van der Waals surface area (Å²) in [5, 5.41) is 3.36. The van der Waals surface area contributed by atoms with Crippen molar-refractivity contribution in [1.82, 2.24) is 5.32 Å². The maximum atomic E-state index is 13.2. The van der Waals surface area contributed by atoms with Gasteiger partial charge in [-0.25, -0.2) is 8.78 Å². The third kappa shape index (κ3) is 3.75. The van der Waals surface area contributed by atoms with E-state index in [1.54, 1.807) is 6.07 Å². The molecule has 0 saturated heterocycles. The van der Waals surface area contributed by atoms with Crippen LogP contribution in [0.15, 0.2) is 18.2 Å².